The first-order valence-electron chi connectivity index (χ1n) is 7.39. The predicted octanol–water partition coefficient (Wildman–Crippen LogP) is 2.18. The maximum Gasteiger partial charge on any atom is 0.322 e. The van der Waals surface area contributed by atoms with Gasteiger partial charge < -0.3 is 19.7 Å². The van der Waals surface area contributed by atoms with E-state index in [1.807, 2.05) is 17.9 Å². The van der Waals surface area contributed by atoms with Gasteiger partial charge >= 0.3 is 6.03 Å². The van der Waals surface area contributed by atoms with Crippen molar-refractivity contribution in [3.8, 4) is 5.88 Å². The van der Waals surface area contributed by atoms with Crippen molar-refractivity contribution in [2.45, 2.75) is 38.3 Å². The number of pyridine rings is 1. The Labute approximate surface area is 124 Å². The molecule has 1 aliphatic heterocycles. The van der Waals surface area contributed by atoms with Gasteiger partial charge in [0.05, 0.1) is 25.9 Å². The second kappa shape index (κ2) is 5.89. The minimum absolute atomic E-state index is 0.0964. The molecular weight excluding hydrogens is 270 g/mol. The molecule has 6 heteroatoms. The Balaban J connectivity index is 1.75. The van der Waals surface area contributed by atoms with Gasteiger partial charge in [0.1, 0.15) is 5.69 Å². The molecule has 1 N–H and O–H groups in total. The third-order valence-corrected chi connectivity index (χ3v) is 4.17. The lowest BCUT2D eigenvalue weighted by atomic mass is 10.1. The van der Waals surface area contributed by atoms with Gasteiger partial charge in [0.25, 0.3) is 0 Å². The van der Waals surface area contributed by atoms with Crippen LogP contribution in [0.5, 0.6) is 5.88 Å². The van der Waals surface area contributed by atoms with Crippen LogP contribution in [-0.2, 0) is 4.74 Å². The van der Waals surface area contributed by atoms with E-state index in [-0.39, 0.29) is 18.2 Å². The zero-order valence-corrected chi connectivity index (χ0v) is 12.5. The lowest BCUT2D eigenvalue weighted by Gasteiger charge is -2.37. The van der Waals surface area contributed by atoms with Crippen LogP contribution in [-0.4, -0.2) is 48.3 Å². The monoisotopic (exact) mass is 291 g/mol. The van der Waals surface area contributed by atoms with Gasteiger partial charge in [0.2, 0.25) is 5.88 Å². The molecular formula is C15H21N3O3. The first-order valence-corrected chi connectivity index (χ1v) is 7.39. The third-order valence-electron chi connectivity index (χ3n) is 4.17. The summed E-state index contributed by atoms with van der Waals surface area (Å²) >= 11 is 0. The van der Waals surface area contributed by atoms with E-state index in [0.29, 0.717) is 24.7 Å². The molecule has 114 valence electrons. The van der Waals surface area contributed by atoms with Crippen LogP contribution in [0.15, 0.2) is 12.3 Å². The highest BCUT2D eigenvalue weighted by atomic mass is 16.5. The molecule has 2 fully saturated rings. The van der Waals surface area contributed by atoms with Crippen LogP contribution in [0.3, 0.4) is 0 Å². The fourth-order valence-corrected chi connectivity index (χ4v) is 3.17. The second-order valence-electron chi connectivity index (χ2n) is 5.60. The Hall–Kier alpha value is -1.82. The highest BCUT2D eigenvalue weighted by Crippen LogP contribution is 2.30. The highest BCUT2D eigenvalue weighted by Gasteiger charge is 2.38. The van der Waals surface area contributed by atoms with Gasteiger partial charge in [-0.2, -0.15) is 0 Å². The Kier molecular flexibility index (Phi) is 3.96. The number of carbonyl (C=O) groups is 1. The molecule has 3 rings (SSSR count). The summed E-state index contributed by atoms with van der Waals surface area (Å²) in [5.74, 6) is 0.435. The van der Waals surface area contributed by atoms with Gasteiger partial charge in [-0.25, -0.2) is 9.78 Å². The largest absolute Gasteiger partial charge is 0.480 e. The number of ether oxygens (including phenoxy) is 2. The van der Waals surface area contributed by atoms with Crippen LogP contribution in [0.1, 0.15) is 24.8 Å². The number of urea groups is 1. The van der Waals surface area contributed by atoms with Crippen molar-refractivity contribution in [3.05, 3.63) is 17.8 Å². The lowest BCUT2D eigenvalue weighted by molar-refractivity contribution is -0.0362. The molecule has 0 bridgehead atoms. The summed E-state index contributed by atoms with van der Waals surface area (Å²) in [5.41, 5.74) is 1.59. The molecule has 2 aliphatic rings. The number of hydrogen-bond acceptors (Lipinski definition) is 4. The van der Waals surface area contributed by atoms with E-state index in [1.54, 1.807) is 13.3 Å². The van der Waals surface area contributed by atoms with Gasteiger partial charge in [-0.3, -0.25) is 0 Å². The number of methoxy groups -OCH3 is 1. The standard InChI is InChI=1S/C15H21N3O3/c1-10-8-11(14(20-2)16-9-10)17-15(19)18-6-7-21-13-5-3-4-12(13)18/h8-9,12-13H,3-7H2,1-2H3,(H,17,19)/t12-,13-/m0/s1. The number of nitrogens with zero attached hydrogens (tertiary/aromatic N) is 2. The van der Waals surface area contributed by atoms with Crippen molar-refractivity contribution in [2.24, 2.45) is 0 Å². The van der Waals surface area contributed by atoms with Crippen molar-refractivity contribution in [2.75, 3.05) is 25.6 Å². The number of hydrogen-bond donors (Lipinski definition) is 1. The SMILES string of the molecule is COc1ncc(C)cc1NC(=O)N1CCO[C@H]2CCC[C@@H]21. The summed E-state index contributed by atoms with van der Waals surface area (Å²) in [5, 5.41) is 2.93. The van der Waals surface area contributed by atoms with E-state index in [0.717, 1.165) is 24.8 Å². The Morgan fingerprint density at radius 3 is 3.19 bits per heavy atom. The quantitative estimate of drug-likeness (QED) is 0.907. The minimum Gasteiger partial charge on any atom is -0.480 e. The van der Waals surface area contributed by atoms with Crippen molar-refractivity contribution >= 4 is 11.7 Å². The van der Waals surface area contributed by atoms with Crippen LogP contribution in [0.2, 0.25) is 0 Å². The number of fused-ring (bicyclic) bond motifs is 1. The predicted molar refractivity (Wildman–Crippen MR) is 78.6 cm³/mol. The number of morpholine rings is 1. The summed E-state index contributed by atoms with van der Waals surface area (Å²) < 4.78 is 10.9. The zero-order valence-electron chi connectivity index (χ0n) is 12.5. The van der Waals surface area contributed by atoms with Gasteiger partial charge in [-0.1, -0.05) is 0 Å². The number of anilines is 1. The number of nitrogens with one attached hydrogen (secondary N) is 1. The van der Waals surface area contributed by atoms with Crippen LogP contribution in [0, 0.1) is 6.92 Å². The van der Waals surface area contributed by atoms with Gasteiger partial charge in [-0.05, 0) is 37.8 Å². The average Bonchev–Trinajstić information content (AvgIpc) is 2.95. The topological polar surface area (TPSA) is 63.7 Å². The van der Waals surface area contributed by atoms with Crippen molar-refractivity contribution in [1.82, 2.24) is 9.88 Å². The maximum absolute atomic E-state index is 12.6. The molecule has 6 nitrogen and oxygen atoms in total. The first kappa shape index (κ1) is 14.1. The van der Waals surface area contributed by atoms with Gasteiger partial charge in [0, 0.05) is 12.7 Å². The van der Waals surface area contributed by atoms with E-state index in [2.05, 4.69) is 10.3 Å². The number of amides is 2. The smallest absolute Gasteiger partial charge is 0.322 e. The number of aromatic nitrogens is 1. The number of rotatable bonds is 2. The van der Waals surface area contributed by atoms with E-state index in [1.165, 1.54) is 0 Å². The highest BCUT2D eigenvalue weighted by molar-refractivity contribution is 5.91. The molecule has 0 radical (unpaired) electrons. The van der Waals surface area contributed by atoms with E-state index in [9.17, 15) is 4.79 Å². The van der Waals surface area contributed by atoms with Crippen molar-refractivity contribution < 1.29 is 14.3 Å². The molecule has 0 spiro atoms. The average molecular weight is 291 g/mol. The Morgan fingerprint density at radius 1 is 1.52 bits per heavy atom. The molecule has 1 saturated heterocycles. The lowest BCUT2D eigenvalue weighted by Crippen LogP contribution is -2.52. The minimum atomic E-state index is -0.0964. The van der Waals surface area contributed by atoms with Crippen LogP contribution in [0.25, 0.3) is 0 Å². The fourth-order valence-electron chi connectivity index (χ4n) is 3.17. The van der Waals surface area contributed by atoms with Crippen LogP contribution in [0.4, 0.5) is 10.5 Å². The summed E-state index contributed by atoms with van der Waals surface area (Å²) in [4.78, 5) is 18.6. The molecule has 1 saturated carbocycles. The van der Waals surface area contributed by atoms with Crippen molar-refractivity contribution in [3.63, 3.8) is 0 Å². The molecule has 0 unspecified atom stereocenters. The molecule has 2 atom stereocenters. The summed E-state index contributed by atoms with van der Waals surface area (Å²) in [6.07, 6.45) is 5.09. The van der Waals surface area contributed by atoms with E-state index < -0.39 is 0 Å². The Morgan fingerprint density at radius 2 is 2.38 bits per heavy atom. The summed E-state index contributed by atoms with van der Waals surface area (Å²) in [6, 6.07) is 1.97. The molecule has 0 aromatic carbocycles. The fraction of sp³-hybridized carbons (Fsp3) is 0.600. The van der Waals surface area contributed by atoms with E-state index in [4.69, 9.17) is 9.47 Å². The molecule has 21 heavy (non-hydrogen) atoms. The number of carbonyl (C=O) groups excluding carboxylic acids is 1. The number of aryl methyl sites for hydroxylation is 1. The molecule has 2 heterocycles. The van der Waals surface area contributed by atoms with Crippen LogP contribution >= 0.6 is 0 Å². The normalized spacial score (nSPS) is 24.6. The van der Waals surface area contributed by atoms with Gasteiger partial charge in [0.15, 0.2) is 0 Å². The van der Waals surface area contributed by atoms with Crippen LogP contribution < -0.4 is 10.1 Å². The first-order chi connectivity index (χ1) is 10.2. The van der Waals surface area contributed by atoms with E-state index >= 15 is 0 Å². The molecule has 1 aromatic heterocycles. The summed E-state index contributed by atoms with van der Waals surface area (Å²) in [6.45, 7) is 3.18. The molecule has 1 aromatic rings. The maximum atomic E-state index is 12.6. The second-order valence-corrected chi connectivity index (χ2v) is 5.60. The Bertz CT molecular complexity index is 535. The third kappa shape index (κ3) is 2.81. The zero-order chi connectivity index (χ0) is 14.8. The van der Waals surface area contributed by atoms with Crippen molar-refractivity contribution in [1.29, 1.82) is 0 Å². The molecule has 1 aliphatic carbocycles. The summed E-state index contributed by atoms with van der Waals surface area (Å²) in [7, 11) is 1.55. The van der Waals surface area contributed by atoms with Gasteiger partial charge in [-0.15, -0.1) is 0 Å². The molecule has 2 amide bonds.